The summed E-state index contributed by atoms with van der Waals surface area (Å²) in [6.07, 6.45) is 10.8. The Labute approximate surface area is 132 Å². The largest absolute Gasteiger partial charge is 0.230 e. The molecule has 0 aromatic rings. The first kappa shape index (κ1) is 16.5. The molecule has 2 aliphatic rings. The Morgan fingerprint density at radius 3 is 2.48 bits per heavy atom. The van der Waals surface area contributed by atoms with E-state index < -0.39 is 8.80 Å². The molecule has 2 rings (SSSR count). The highest BCUT2D eigenvalue weighted by Gasteiger charge is 2.37. The predicted octanol–water partition coefficient (Wildman–Crippen LogP) is 4.51. The molecule has 1 nitrogen and oxygen atoms in total. The molecule has 1 aliphatic heterocycles. The van der Waals surface area contributed by atoms with Crippen LogP contribution in [0.5, 0.6) is 0 Å². The number of rotatable bonds is 3. The van der Waals surface area contributed by atoms with Gasteiger partial charge in [0.25, 0.3) is 0 Å². The SMILES string of the molecule is CC1=C(C2=[N+](C)C([SiH](C)C)C(CC(C)(C)C)=C2)C=CCC1. The van der Waals surface area contributed by atoms with Crippen LogP contribution in [-0.2, 0) is 0 Å². The fourth-order valence-corrected chi connectivity index (χ4v) is 5.88. The van der Waals surface area contributed by atoms with Crippen molar-refractivity contribution in [3.63, 3.8) is 0 Å². The van der Waals surface area contributed by atoms with Crippen molar-refractivity contribution in [2.24, 2.45) is 5.41 Å². The van der Waals surface area contributed by atoms with Crippen molar-refractivity contribution in [1.82, 2.24) is 0 Å². The smallest absolute Gasteiger partial charge is 0.207 e. The molecular formula is C19H32NSi+. The number of hydrogen-bond acceptors (Lipinski definition) is 0. The topological polar surface area (TPSA) is 3.01 Å². The monoisotopic (exact) mass is 302 g/mol. The van der Waals surface area contributed by atoms with Gasteiger partial charge in [-0.2, -0.15) is 0 Å². The summed E-state index contributed by atoms with van der Waals surface area (Å²) >= 11 is 0. The third-order valence-corrected chi connectivity index (χ3v) is 6.71. The molecule has 0 N–H and O–H groups in total. The van der Waals surface area contributed by atoms with Crippen LogP contribution >= 0.6 is 0 Å². The molecule has 0 saturated heterocycles. The Morgan fingerprint density at radius 2 is 1.95 bits per heavy atom. The molecule has 116 valence electrons. The molecule has 21 heavy (non-hydrogen) atoms. The maximum absolute atomic E-state index is 2.58. The molecule has 0 radical (unpaired) electrons. The lowest BCUT2D eigenvalue weighted by molar-refractivity contribution is -0.503. The molecule has 0 bridgehead atoms. The average molecular weight is 303 g/mol. The normalized spacial score (nSPS) is 23.4. The van der Waals surface area contributed by atoms with Gasteiger partial charge in [-0.05, 0) is 37.2 Å². The fourth-order valence-electron chi connectivity index (χ4n) is 3.75. The van der Waals surface area contributed by atoms with E-state index in [1.54, 1.807) is 11.1 Å². The van der Waals surface area contributed by atoms with E-state index in [9.17, 15) is 0 Å². The minimum Gasteiger partial charge on any atom is -0.230 e. The summed E-state index contributed by atoms with van der Waals surface area (Å²) in [4.78, 5) is 0. The fraction of sp³-hybridized carbons (Fsp3) is 0.632. The third kappa shape index (κ3) is 3.66. The van der Waals surface area contributed by atoms with Gasteiger partial charge in [-0.1, -0.05) is 51.6 Å². The Kier molecular flexibility index (Phi) is 4.77. The zero-order valence-corrected chi connectivity index (χ0v) is 16.1. The van der Waals surface area contributed by atoms with Gasteiger partial charge in [-0.15, -0.1) is 0 Å². The lowest BCUT2D eigenvalue weighted by atomic mass is 9.87. The van der Waals surface area contributed by atoms with Gasteiger partial charge in [-0.3, -0.25) is 0 Å². The van der Waals surface area contributed by atoms with E-state index in [4.69, 9.17) is 0 Å². The van der Waals surface area contributed by atoms with E-state index in [0.29, 0.717) is 11.1 Å². The summed E-state index contributed by atoms with van der Waals surface area (Å²) < 4.78 is 2.58. The van der Waals surface area contributed by atoms with Crippen molar-refractivity contribution in [3.8, 4) is 0 Å². The summed E-state index contributed by atoms with van der Waals surface area (Å²) in [5.41, 5.74) is 7.23. The molecule has 0 aromatic heterocycles. The van der Waals surface area contributed by atoms with E-state index in [2.05, 4.69) is 70.6 Å². The maximum atomic E-state index is 2.58. The number of allylic oxidation sites excluding steroid dienone is 5. The molecule has 2 heteroatoms. The molecule has 1 atom stereocenters. The van der Waals surface area contributed by atoms with Crippen molar-refractivity contribution in [1.29, 1.82) is 0 Å². The molecule has 0 amide bonds. The highest BCUT2D eigenvalue weighted by molar-refractivity contribution is 6.58. The second kappa shape index (κ2) is 6.08. The van der Waals surface area contributed by atoms with Crippen LogP contribution < -0.4 is 0 Å². The zero-order valence-electron chi connectivity index (χ0n) is 15.0. The molecule has 1 heterocycles. The van der Waals surface area contributed by atoms with Gasteiger partial charge < -0.3 is 0 Å². The van der Waals surface area contributed by atoms with Crippen LogP contribution in [0, 0.1) is 5.41 Å². The number of hydrogen-bond donors (Lipinski definition) is 0. The average Bonchev–Trinajstić information content (AvgIpc) is 2.64. The van der Waals surface area contributed by atoms with E-state index in [1.165, 1.54) is 30.5 Å². The van der Waals surface area contributed by atoms with Crippen LogP contribution in [0.3, 0.4) is 0 Å². The van der Waals surface area contributed by atoms with Gasteiger partial charge in [-0.25, -0.2) is 4.58 Å². The molecular weight excluding hydrogens is 270 g/mol. The summed E-state index contributed by atoms with van der Waals surface area (Å²) in [5, 5.41) is 0. The lowest BCUT2D eigenvalue weighted by Gasteiger charge is -2.23. The van der Waals surface area contributed by atoms with Crippen LogP contribution in [0.25, 0.3) is 0 Å². The zero-order chi connectivity index (χ0) is 15.8. The van der Waals surface area contributed by atoms with Crippen LogP contribution in [-0.4, -0.2) is 31.8 Å². The standard InChI is InChI=1S/C19H32NSi/c1-14-10-8-9-11-16(14)17-12-15(13-19(2,3)4)18(20(17)5)21(6)7/h9,11-12,18,21H,8,10,13H2,1-7H3/q+1. The number of likely N-dealkylation sites (N-methyl/N-ethyl adjacent to an activating group) is 1. The van der Waals surface area contributed by atoms with Gasteiger partial charge in [0.15, 0.2) is 5.67 Å². The predicted molar refractivity (Wildman–Crippen MR) is 97.1 cm³/mol. The van der Waals surface area contributed by atoms with Crippen LogP contribution in [0.2, 0.25) is 13.1 Å². The van der Waals surface area contributed by atoms with Crippen molar-refractivity contribution < 1.29 is 4.58 Å². The second-order valence-electron chi connectivity index (χ2n) is 8.28. The summed E-state index contributed by atoms with van der Waals surface area (Å²) in [6, 6.07) is 0. The molecule has 1 aliphatic carbocycles. The van der Waals surface area contributed by atoms with Crippen LogP contribution in [0.15, 0.2) is 34.9 Å². The molecule has 0 aromatic carbocycles. The van der Waals surface area contributed by atoms with Gasteiger partial charge in [0.05, 0.1) is 0 Å². The quantitative estimate of drug-likeness (QED) is 0.533. The Hall–Kier alpha value is -0.893. The van der Waals surface area contributed by atoms with Crippen LogP contribution in [0.4, 0.5) is 0 Å². The minimum atomic E-state index is -0.751. The lowest BCUT2D eigenvalue weighted by Crippen LogP contribution is -2.36. The first-order valence-corrected chi connectivity index (χ1v) is 11.4. The Morgan fingerprint density at radius 1 is 1.29 bits per heavy atom. The van der Waals surface area contributed by atoms with E-state index >= 15 is 0 Å². The van der Waals surface area contributed by atoms with E-state index in [-0.39, 0.29) is 0 Å². The summed E-state index contributed by atoms with van der Waals surface area (Å²) in [5.74, 6) is 0. The van der Waals surface area contributed by atoms with Gasteiger partial charge in [0, 0.05) is 11.6 Å². The van der Waals surface area contributed by atoms with Crippen molar-refractivity contribution in [2.45, 2.75) is 65.7 Å². The van der Waals surface area contributed by atoms with E-state index in [1.807, 2.05) is 0 Å². The maximum Gasteiger partial charge on any atom is 0.207 e. The summed E-state index contributed by atoms with van der Waals surface area (Å²) in [7, 11) is 1.56. The van der Waals surface area contributed by atoms with Crippen molar-refractivity contribution >= 4 is 14.5 Å². The van der Waals surface area contributed by atoms with Crippen molar-refractivity contribution in [3.05, 3.63) is 34.9 Å². The van der Waals surface area contributed by atoms with Gasteiger partial charge in [0.2, 0.25) is 5.71 Å². The number of nitrogens with zero attached hydrogens (tertiary/aromatic N) is 1. The summed E-state index contributed by atoms with van der Waals surface area (Å²) in [6.45, 7) is 14.3. The van der Waals surface area contributed by atoms with E-state index in [0.717, 1.165) is 0 Å². The van der Waals surface area contributed by atoms with Crippen molar-refractivity contribution in [2.75, 3.05) is 7.05 Å². The molecule has 1 unspecified atom stereocenters. The molecule has 0 saturated carbocycles. The highest BCUT2D eigenvalue weighted by atomic mass is 28.3. The highest BCUT2D eigenvalue weighted by Crippen LogP contribution is 2.32. The minimum absolute atomic E-state index is 0.371. The Bertz CT molecular complexity index is 538. The third-order valence-electron chi connectivity index (χ3n) is 4.57. The molecule has 0 fully saturated rings. The Balaban J connectivity index is 2.42. The van der Waals surface area contributed by atoms with Gasteiger partial charge >= 0.3 is 0 Å². The first-order valence-electron chi connectivity index (χ1n) is 8.37. The van der Waals surface area contributed by atoms with Gasteiger partial charge in [0.1, 0.15) is 15.8 Å². The van der Waals surface area contributed by atoms with Crippen LogP contribution in [0.1, 0.15) is 47.0 Å². The second-order valence-corrected chi connectivity index (χ2v) is 11.4. The molecule has 0 spiro atoms. The first-order chi connectivity index (χ1) is 9.70.